The van der Waals surface area contributed by atoms with Crippen molar-refractivity contribution in [2.75, 3.05) is 4.90 Å². The molecule has 11 aromatic rings. The molecule has 0 aliphatic carbocycles. The summed E-state index contributed by atoms with van der Waals surface area (Å²) in [7, 11) is 0. The molecule has 248 valence electrons. The molecule has 0 aliphatic heterocycles. The van der Waals surface area contributed by atoms with Crippen LogP contribution in [-0.4, -0.2) is 9.55 Å². The van der Waals surface area contributed by atoms with E-state index in [1.165, 1.54) is 43.4 Å². The molecule has 11 rings (SSSR count). The molecule has 2 aromatic heterocycles. The maximum atomic E-state index is 6.69. The van der Waals surface area contributed by atoms with Gasteiger partial charge < -0.3 is 13.9 Å². The summed E-state index contributed by atoms with van der Waals surface area (Å²) in [6.07, 6.45) is 0. The van der Waals surface area contributed by atoms with E-state index in [0.717, 1.165) is 50.2 Å². The van der Waals surface area contributed by atoms with Crippen LogP contribution in [0.5, 0.6) is 0 Å². The molecule has 0 amide bonds. The van der Waals surface area contributed by atoms with Crippen LogP contribution in [-0.2, 0) is 0 Å². The summed E-state index contributed by atoms with van der Waals surface area (Å²) in [5.74, 6) is 0.603. The molecule has 53 heavy (non-hydrogen) atoms. The molecule has 0 bridgehead atoms. The van der Waals surface area contributed by atoms with Gasteiger partial charge >= 0.3 is 0 Å². The topological polar surface area (TPSA) is 34.2 Å². The van der Waals surface area contributed by atoms with Gasteiger partial charge in [-0.05, 0) is 99.7 Å². The van der Waals surface area contributed by atoms with E-state index in [1.807, 2.05) is 36.4 Å². The summed E-state index contributed by atoms with van der Waals surface area (Å²) in [5.41, 5.74) is 9.03. The smallest absolute Gasteiger partial charge is 0.227 e. The van der Waals surface area contributed by atoms with Crippen LogP contribution < -0.4 is 4.90 Å². The van der Waals surface area contributed by atoms with Crippen LogP contribution in [0.25, 0.3) is 82.4 Å². The third-order valence-electron chi connectivity index (χ3n) is 10.5. The summed E-state index contributed by atoms with van der Waals surface area (Å²) < 4.78 is 9.07. The fourth-order valence-corrected chi connectivity index (χ4v) is 8.14. The van der Waals surface area contributed by atoms with Gasteiger partial charge in [-0.15, -0.1) is 0 Å². The number of hydrogen-bond acceptors (Lipinski definition) is 3. The van der Waals surface area contributed by atoms with Crippen molar-refractivity contribution in [3.8, 4) is 17.1 Å². The average Bonchev–Trinajstić information content (AvgIpc) is 3.81. The predicted molar refractivity (Wildman–Crippen MR) is 221 cm³/mol. The molecule has 0 atom stereocenters. The number of benzene rings is 9. The third-order valence-corrected chi connectivity index (χ3v) is 10.5. The van der Waals surface area contributed by atoms with Crippen LogP contribution in [0.2, 0.25) is 0 Å². The molecular formula is C49H31N3O. The number of oxazole rings is 1. The van der Waals surface area contributed by atoms with Gasteiger partial charge in [-0.3, -0.25) is 0 Å². The number of nitrogens with zero attached hydrogens (tertiary/aromatic N) is 3. The minimum atomic E-state index is 0.603. The van der Waals surface area contributed by atoms with Gasteiger partial charge in [0.25, 0.3) is 0 Å². The van der Waals surface area contributed by atoms with E-state index in [9.17, 15) is 0 Å². The number of hydrogen-bond donors (Lipinski definition) is 0. The highest BCUT2D eigenvalue weighted by Gasteiger charge is 2.23. The Morgan fingerprint density at radius 1 is 0.434 bits per heavy atom. The van der Waals surface area contributed by atoms with Crippen molar-refractivity contribution in [3.63, 3.8) is 0 Å². The van der Waals surface area contributed by atoms with Gasteiger partial charge in [-0.25, -0.2) is 4.98 Å². The minimum absolute atomic E-state index is 0.603. The van der Waals surface area contributed by atoms with Crippen molar-refractivity contribution in [1.82, 2.24) is 9.55 Å². The lowest BCUT2D eigenvalue weighted by Gasteiger charge is -2.27. The first-order valence-electron chi connectivity index (χ1n) is 18.0. The highest BCUT2D eigenvalue weighted by Crippen LogP contribution is 2.45. The largest absolute Gasteiger partial charge is 0.434 e. The maximum absolute atomic E-state index is 6.69. The van der Waals surface area contributed by atoms with Crippen molar-refractivity contribution in [1.29, 1.82) is 0 Å². The zero-order chi connectivity index (χ0) is 34.9. The van der Waals surface area contributed by atoms with Crippen molar-refractivity contribution in [2.24, 2.45) is 0 Å². The number of fused-ring (bicyclic) bond motifs is 8. The first-order chi connectivity index (χ1) is 26.3. The number of anilines is 3. The average molecular weight is 678 g/mol. The first-order valence-corrected chi connectivity index (χ1v) is 18.0. The molecule has 0 saturated carbocycles. The van der Waals surface area contributed by atoms with Gasteiger partial charge in [-0.1, -0.05) is 115 Å². The Morgan fingerprint density at radius 2 is 1.11 bits per heavy atom. The maximum Gasteiger partial charge on any atom is 0.227 e. The van der Waals surface area contributed by atoms with E-state index in [-0.39, 0.29) is 0 Å². The lowest BCUT2D eigenvalue weighted by molar-refractivity contribution is 0.620. The summed E-state index contributed by atoms with van der Waals surface area (Å²) in [5, 5.41) is 9.61. The Morgan fingerprint density at radius 3 is 2.00 bits per heavy atom. The Bertz CT molecular complexity index is 3180. The quantitative estimate of drug-likeness (QED) is 0.170. The summed E-state index contributed by atoms with van der Waals surface area (Å²) in [6, 6.07) is 66.9. The fourth-order valence-electron chi connectivity index (χ4n) is 8.14. The van der Waals surface area contributed by atoms with Crippen molar-refractivity contribution in [3.05, 3.63) is 188 Å². The van der Waals surface area contributed by atoms with Crippen molar-refractivity contribution in [2.45, 2.75) is 0 Å². The molecule has 4 heteroatoms. The van der Waals surface area contributed by atoms with Gasteiger partial charge in [-0.2, -0.15) is 0 Å². The molecule has 4 nitrogen and oxygen atoms in total. The second-order valence-corrected chi connectivity index (χ2v) is 13.6. The summed E-state index contributed by atoms with van der Waals surface area (Å²) in [4.78, 5) is 7.32. The van der Waals surface area contributed by atoms with E-state index in [2.05, 4.69) is 161 Å². The molecule has 0 spiro atoms. The SMILES string of the molecule is c1ccc(-c2nc3cccc(N(c4ccc5c(ccc6ccccc65)c4)c4cccc5cc6c(cc45)c4ccccc4n6-c4ccccc4)c3o2)cc1. The van der Waals surface area contributed by atoms with Crippen molar-refractivity contribution < 1.29 is 4.42 Å². The van der Waals surface area contributed by atoms with Crippen LogP contribution in [0, 0.1) is 0 Å². The molecule has 2 heterocycles. The zero-order valence-electron chi connectivity index (χ0n) is 28.6. The summed E-state index contributed by atoms with van der Waals surface area (Å²) in [6.45, 7) is 0. The molecule has 0 fully saturated rings. The predicted octanol–water partition coefficient (Wildman–Crippen LogP) is 13.5. The molecular weight excluding hydrogens is 647 g/mol. The van der Waals surface area contributed by atoms with E-state index in [4.69, 9.17) is 9.40 Å². The van der Waals surface area contributed by atoms with Gasteiger partial charge in [0.2, 0.25) is 5.89 Å². The lowest BCUT2D eigenvalue weighted by atomic mass is 10.00. The highest BCUT2D eigenvalue weighted by molar-refractivity contribution is 6.16. The number of para-hydroxylation sites is 3. The van der Waals surface area contributed by atoms with Gasteiger partial charge in [0.05, 0.1) is 22.4 Å². The number of rotatable bonds is 5. The lowest BCUT2D eigenvalue weighted by Crippen LogP contribution is -2.11. The Balaban J connectivity index is 1.20. The van der Waals surface area contributed by atoms with Crippen LogP contribution in [0.3, 0.4) is 0 Å². The molecule has 0 unspecified atom stereocenters. The normalized spacial score (nSPS) is 11.8. The van der Waals surface area contributed by atoms with E-state index in [1.54, 1.807) is 0 Å². The minimum Gasteiger partial charge on any atom is -0.434 e. The van der Waals surface area contributed by atoms with E-state index in [0.29, 0.717) is 5.89 Å². The third kappa shape index (κ3) is 4.66. The Labute approximate surface area is 305 Å². The fraction of sp³-hybridized carbons (Fsp3) is 0. The van der Waals surface area contributed by atoms with Crippen molar-refractivity contribution >= 4 is 82.3 Å². The standard InChI is InChI=1S/C49H31N3O/c1-3-14-33(15-4-1)49-50-43-21-12-24-46(48(43)53-49)52(37-27-28-39-35(29-37)26-25-32-13-7-8-19-38(32)39)45-23-11-16-34-30-47-42(31-41(34)45)40-20-9-10-22-44(40)51(47)36-17-5-2-6-18-36/h1-31H. The molecule has 0 N–H and O–H groups in total. The number of aromatic nitrogens is 2. The molecule has 0 radical (unpaired) electrons. The monoisotopic (exact) mass is 677 g/mol. The van der Waals surface area contributed by atoms with E-state index >= 15 is 0 Å². The van der Waals surface area contributed by atoms with Crippen LogP contribution in [0.1, 0.15) is 0 Å². The second kappa shape index (κ2) is 11.7. The second-order valence-electron chi connectivity index (χ2n) is 13.6. The zero-order valence-corrected chi connectivity index (χ0v) is 28.6. The van der Waals surface area contributed by atoms with Gasteiger partial charge in [0.1, 0.15) is 5.52 Å². The molecule has 0 saturated heterocycles. The van der Waals surface area contributed by atoms with Crippen LogP contribution in [0.4, 0.5) is 17.1 Å². The molecule has 0 aliphatic rings. The first kappa shape index (κ1) is 29.5. The van der Waals surface area contributed by atoms with Gasteiger partial charge in [0.15, 0.2) is 5.58 Å². The van der Waals surface area contributed by atoms with Crippen LogP contribution in [0.15, 0.2) is 192 Å². The highest BCUT2D eigenvalue weighted by atomic mass is 16.3. The Hall–Kier alpha value is -7.17. The van der Waals surface area contributed by atoms with Gasteiger partial charge in [0, 0.05) is 33.1 Å². The Kier molecular flexibility index (Phi) is 6.52. The molecule has 9 aromatic carbocycles. The summed E-state index contributed by atoms with van der Waals surface area (Å²) >= 11 is 0. The van der Waals surface area contributed by atoms with E-state index < -0.39 is 0 Å². The van der Waals surface area contributed by atoms with Crippen LogP contribution >= 0.6 is 0 Å².